The zero-order chi connectivity index (χ0) is 17.6. The zero-order valence-corrected chi connectivity index (χ0v) is 13.8. The van der Waals surface area contributed by atoms with Gasteiger partial charge in [0.05, 0.1) is 0 Å². The van der Waals surface area contributed by atoms with E-state index in [0.717, 1.165) is 30.7 Å². The summed E-state index contributed by atoms with van der Waals surface area (Å²) in [6.45, 7) is 2.84. The first kappa shape index (κ1) is 16.8. The number of hydrogen-bond donors (Lipinski definition) is 2. The van der Waals surface area contributed by atoms with Gasteiger partial charge >= 0.3 is 0 Å². The van der Waals surface area contributed by atoms with Crippen molar-refractivity contribution in [2.75, 3.05) is 17.2 Å². The smallest absolute Gasteiger partial charge is 0.163 e. The predicted octanol–water partition coefficient (Wildman–Crippen LogP) is 4.99. The van der Waals surface area contributed by atoms with Gasteiger partial charge in [-0.05, 0) is 18.6 Å². The van der Waals surface area contributed by atoms with Crippen LogP contribution in [0.25, 0.3) is 11.4 Å². The molecule has 0 aliphatic heterocycles. The second-order valence-electron chi connectivity index (χ2n) is 5.51. The topological polar surface area (TPSA) is 49.8 Å². The highest BCUT2D eigenvalue weighted by molar-refractivity contribution is 5.65. The predicted molar refractivity (Wildman–Crippen MR) is 95.9 cm³/mol. The summed E-state index contributed by atoms with van der Waals surface area (Å²) in [5.74, 6) is -0.0822. The SMILES string of the molecule is CCCNc1cc(Nc2ccc(F)c(F)c2)nc(-c2ccccc2)n1. The molecule has 0 amide bonds. The summed E-state index contributed by atoms with van der Waals surface area (Å²) in [4.78, 5) is 9.00. The molecule has 1 heterocycles. The van der Waals surface area contributed by atoms with Crippen LogP contribution in [0.1, 0.15) is 13.3 Å². The summed E-state index contributed by atoms with van der Waals surface area (Å²) in [6, 6.07) is 14.9. The van der Waals surface area contributed by atoms with Gasteiger partial charge in [0, 0.05) is 29.9 Å². The highest BCUT2D eigenvalue weighted by Gasteiger charge is 2.08. The van der Waals surface area contributed by atoms with Crippen molar-refractivity contribution in [2.45, 2.75) is 13.3 Å². The molecule has 1 aromatic heterocycles. The van der Waals surface area contributed by atoms with Gasteiger partial charge in [-0.3, -0.25) is 0 Å². The molecule has 0 bridgehead atoms. The Kier molecular flexibility index (Phi) is 5.18. The lowest BCUT2D eigenvalue weighted by Crippen LogP contribution is -2.05. The van der Waals surface area contributed by atoms with E-state index in [2.05, 4.69) is 27.5 Å². The fraction of sp³-hybridized carbons (Fsp3) is 0.158. The molecule has 0 aliphatic rings. The van der Waals surface area contributed by atoms with Crippen molar-refractivity contribution in [3.05, 3.63) is 66.2 Å². The quantitative estimate of drug-likeness (QED) is 0.664. The van der Waals surface area contributed by atoms with Crippen LogP contribution < -0.4 is 10.6 Å². The molecule has 0 aliphatic carbocycles. The third-order valence-electron chi connectivity index (χ3n) is 3.51. The van der Waals surface area contributed by atoms with Crippen molar-refractivity contribution in [2.24, 2.45) is 0 Å². The van der Waals surface area contributed by atoms with Crippen LogP contribution in [0.2, 0.25) is 0 Å². The van der Waals surface area contributed by atoms with Crippen LogP contribution >= 0.6 is 0 Å². The molecule has 3 aromatic rings. The van der Waals surface area contributed by atoms with Crippen molar-refractivity contribution in [3.8, 4) is 11.4 Å². The summed E-state index contributed by atoms with van der Waals surface area (Å²) >= 11 is 0. The van der Waals surface area contributed by atoms with Crippen molar-refractivity contribution >= 4 is 17.3 Å². The Hall–Kier alpha value is -3.02. The Balaban J connectivity index is 1.95. The molecule has 25 heavy (non-hydrogen) atoms. The van der Waals surface area contributed by atoms with Gasteiger partial charge < -0.3 is 10.6 Å². The van der Waals surface area contributed by atoms with Gasteiger partial charge in [-0.2, -0.15) is 0 Å². The largest absolute Gasteiger partial charge is 0.370 e. The van der Waals surface area contributed by atoms with Crippen LogP contribution in [0, 0.1) is 11.6 Å². The molecule has 128 valence electrons. The molecule has 0 unspecified atom stereocenters. The molecule has 0 atom stereocenters. The summed E-state index contributed by atoms with van der Waals surface area (Å²) in [5, 5.41) is 6.23. The van der Waals surface area contributed by atoms with Crippen LogP contribution in [0.15, 0.2) is 54.6 Å². The minimum atomic E-state index is -0.910. The molecule has 0 saturated heterocycles. The lowest BCUT2D eigenvalue weighted by atomic mass is 10.2. The van der Waals surface area contributed by atoms with Crippen LogP contribution in [-0.4, -0.2) is 16.5 Å². The monoisotopic (exact) mass is 340 g/mol. The Bertz CT molecular complexity index is 853. The number of rotatable bonds is 6. The lowest BCUT2D eigenvalue weighted by molar-refractivity contribution is 0.509. The summed E-state index contributed by atoms with van der Waals surface area (Å²) in [5.41, 5.74) is 1.29. The number of nitrogens with zero attached hydrogens (tertiary/aromatic N) is 2. The Morgan fingerprint density at radius 3 is 2.36 bits per heavy atom. The maximum Gasteiger partial charge on any atom is 0.163 e. The molecule has 0 fully saturated rings. The van der Waals surface area contributed by atoms with Crippen molar-refractivity contribution in [1.82, 2.24) is 9.97 Å². The fourth-order valence-electron chi connectivity index (χ4n) is 2.29. The fourth-order valence-corrected chi connectivity index (χ4v) is 2.29. The maximum atomic E-state index is 13.4. The average Bonchev–Trinajstić information content (AvgIpc) is 2.63. The van der Waals surface area contributed by atoms with E-state index in [1.165, 1.54) is 6.07 Å². The molecular formula is C19H18F2N4. The van der Waals surface area contributed by atoms with E-state index in [4.69, 9.17) is 0 Å². The van der Waals surface area contributed by atoms with Crippen LogP contribution in [0.4, 0.5) is 26.1 Å². The number of nitrogens with one attached hydrogen (secondary N) is 2. The first-order chi connectivity index (χ1) is 12.2. The molecule has 0 radical (unpaired) electrons. The van der Waals surface area contributed by atoms with E-state index in [9.17, 15) is 8.78 Å². The summed E-state index contributed by atoms with van der Waals surface area (Å²) < 4.78 is 26.5. The van der Waals surface area contributed by atoms with Crippen LogP contribution in [0.5, 0.6) is 0 Å². The van der Waals surface area contributed by atoms with E-state index < -0.39 is 11.6 Å². The second-order valence-corrected chi connectivity index (χ2v) is 5.51. The molecule has 3 rings (SSSR count). The summed E-state index contributed by atoms with van der Waals surface area (Å²) in [7, 11) is 0. The second kappa shape index (κ2) is 7.70. The molecule has 0 saturated carbocycles. The number of benzene rings is 2. The third-order valence-corrected chi connectivity index (χ3v) is 3.51. The molecule has 2 aromatic carbocycles. The molecule has 6 heteroatoms. The maximum absolute atomic E-state index is 13.4. The minimum absolute atomic E-state index is 0.415. The minimum Gasteiger partial charge on any atom is -0.370 e. The molecule has 4 nitrogen and oxygen atoms in total. The first-order valence-electron chi connectivity index (χ1n) is 8.06. The van der Waals surface area contributed by atoms with Gasteiger partial charge in [0.2, 0.25) is 0 Å². The van der Waals surface area contributed by atoms with E-state index >= 15 is 0 Å². The van der Waals surface area contributed by atoms with Gasteiger partial charge in [0.25, 0.3) is 0 Å². The van der Waals surface area contributed by atoms with E-state index in [1.54, 1.807) is 6.07 Å². The average molecular weight is 340 g/mol. The van der Waals surface area contributed by atoms with E-state index in [1.807, 2.05) is 30.3 Å². The highest BCUT2D eigenvalue weighted by Crippen LogP contribution is 2.23. The van der Waals surface area contributed by atoms with Gasteiger partial charge in [0.1, 0.15) is 11.6 Å². The Morgan fingerprint density at radius 2 is 1.64 bits per heavy atom. The lowest BCUT2D eigenvalue weighted by Gasteiger charge is -2.11. The number of halogens is 2. The number of aromatic nitrogens is 2. The molecular weight excluding hydrogens is 322 g/mol. The number of anilines is 3. The highest BCUT2D eigenvalue weighted by atomic mass is 19.2. The zero-order valence-electron chi connectivity index (χ0n) is 13.8. The number of hydrogen-bond acceptors (Lipinski definition) is 4. The third kappa shape index (κ3) is 4.29. The Morgan fingerprint density at radius 1 is 0.880 bits per heavy atom. The van der Waals surface area contributed by atoms with Crippen LogP contribution in [-0.2, 0) is 0 Å². The van der Waals surface area contributed by atoms with E-state index in [-0.39, 0.29) is 0 Å². The standard InChI is InChI=1S/C19H18F2N4/c1-2-10-22-17-12-18(23-14-8-9-15(20)16(21)11-14)25-19(24-17)13-6-4-3-5-7-13/h3-9,11-12H,2,10H2,1H3,(H2,22,23,24,25). The first-order valence-corrected chi connectivity index (χ1v) is 8.06. The van der Waals surface area contributed by atoms with Gasteiger partial charge in [-0.25, -0.2) is 18.7 Å². The van der Waals surface area contributed by atoms with Gasteiger partial charge in [-0.1, -0.05) is 37.3 Å². The molecule has 2 N–H and O–H groups in total. The van der Waals surface area contributed by atoms with Crippen molar-refractivity contribution in [3.63, 3.8) is 0 Å². The Labute approximate surface area is 145 Å². The van der Waals surface area contributed by atoms with Gasteiger partial charge in [0.15, 0.2) is 17.5 Å². The summed E-state index contributed by atoms with van der Waals surface area (Å²) in [6.07, 6.45) is 0.955. The van der Waals surface area contributed by atoms with E-state index in [0.29, 0.717) is 23.1 Å². The van der Waals surface area contributed by atoms with Crippen molar-refractivity contribution in [1.29, 1.82) is 0 Å². The molecule has 0 spiro atoms. The van der Waals surface area contributed by atoms with Crippen molar-refractivity contribution < 1.29 is 8.78 Å². The van der Waals surface area contributed by atoms with Crippen LogP contribution in [0.3, 0.4) is 0 Å². The normalized spacial score (nSPS) is 10.5. The van der Waals surface area contributed by atoms with Gasteiger partial charge in [-0.15, -0.1) is 0 Å².